The number of rotatable bonds is 4. The van der Waals surface area contributed by atoms with Crippen LogP contribution >= 0.6 is 35.0 Å². The molecule has 2 amide bonds. The van der Waals surface area contributed by atoms with Crippen LogP contribution in [0, 0.1) is 6.92 Å². The van der Waals surface area contributed by atoms with E-state index in [2.05, 4.69) is 0 Å². The summed E-state index contributed by atoms with van der Waals surface area (Å²) >= 11 is 13.5. The summed E-state index contributed by atoms with van der Waals surface area (Å²) < 4.78 is 0. The first-order valence-electron chi connectivity index (χ1n) is 7.72. The van der Waals surface area contributed by atoms with Crippen molar-refractivity contribution in [3.63, 3.8) is 0 Å². The van der Waals surface area contributed by atoms with E-state index in [0.29, 0.717) is 43.1 Å². The lowest BCUT2D eigenvalue weighted by Crippen LogP contribution is -2.32. The monoisotopic (exact) mass is 391 g/mol. The van der Waals surface area contributed by atoms with Crippen LogP contribution in [0.4, 0.5) is 5.69 Å². The van der Waals surface area contributed by atoms with Crippen molar-refractivity contribution in [2.24, 2.45) is 0 Å². The fourth-order valence-corrected chi connectivity index (χ4v) is 3.86. The minimum Gasteiger partial charge on any atom is -0.268 e. The van der Waals surface area contributed by atoms with Gasteiger partial charge in [-0.3, -0.25) is 9.59 Å². The predicted molar refractivity (Wildman–Crippen MR) is 105 cm³/mol. The van der Waals surface area contributed by atoms with Gasteiger partial charge in [0.1, 0.15) is 0 Å². The summed E-state index contributed by atoms with van der Waals surface area (Å²) in [6.07, 6.45) is 0. The third kappa shape index (κ3) is 3.22. The van der Waals surface area contributed by atoms with Crippen molar-refractivity contribution in [1.29, 1.82) is 0 Å². The maximum absolute atomic E-state index is 13.1. The fourth-order valence-electron chi connectivity index (χ4n) is 2.72. The molecule has 0 N–H and O–H groups in total. The molecule has 2 aromatic rings. The molecule has 0 aromatic heterocycles. The summed E-state index contributed by atoms with van der Waals surface area (Å²) in [4.78, 5) is 27.8. The summed E-state index contributed by atoms with van der Waals surface area (Å²) in [6.45, 7) is 3.74. The number of nitrogens with zero attached hydrogens (tertiary/aromatic N) is 1. The van der Waals surface area contributed by atoms with Gasteiger partial charge in [0, 0.05) is 10.0 Å². The molecule has 2 aromatic carbocycles. The Kier molecular flexibility index (Phi) is 5.23. The van der Waals surface area contributed by atoms with Gasteiger partial charge in [0.2, 0.25) is 0 Å². The van der Waals surface area contributed by atoms with Crippen molar-refractivity contribution in [3.05, 3.63) is 68.5 Å². The van der Waals surface area contributed by atoms with Crippen molar-refractivity contribution in [2.75, 3.05) is 10.7 Å². The summed E-state index contributed by atoms with van der Waals surface area (Å²) in [7, 11) is 0. The maximum Gasteiger partial charge on any atom is 0.272 e. The van der Waals surface area contributed by atoms with Gasteiger partial charge in [0.05, 0.1) is 16.2 Å². The van der Waals surface area contributed by atoms with Crippen LogP contribution in [0.15, 0.2) is 47.4 Å². The third-order valence-electron chi connectivity index (χ3n) is 3.94. The Bertz CT molecular complexity index is 891. The van der Waals surface area contributed by atoms with Crippen molar-refractivity contribution < 1.29 is 9.59 Å². The van der Waals surface area contributed by atoms with Crippen LogP contribution in [0.3, 0.4) is 0 Å². The number of benzene rings is 2. The number of halogens is 2. The highest BCUT2D eigenvalue weighted by atomic mass is 35.5. The van der Waals surface area contributed by atoms with Crippen LogP contribution in [0.5, 0.6) is 0 Å². The lowest BCUT2D eigenvalue weighted by molar-refractivity contribution is -0.119. The molecule has 6 heteroatoms. The van der Waals surface area contributed by atoms with Crippen LogP contribution in [-0.2, 0) is 9.59 Å². The molecule has 25 heavy (non-hydrogen) atoms. The van der Waals surface area contributed by atoms with E-state index < -0.39 is 0 Å². The van der Waals surface area contributed by atoms with E-state index in [4.69, 9.17) is 23.2 Å². The molecule has 0 saturated heterocycles. The Morgan fingerprint density at radius 1 is 1.00 bits per heavy atom. The Labute approximate surface area is 160 Å². The average molecular weight is 392 g/mol. The molecule has 0 bridgehead atoms. The van der Waals surface area contributed by atoms with Crippen LogP contribution in [0.25, 0.3) is 5.57 Å². The normalized spacial score (nSPS) is 14.6. The zero-order valence-electron chi connectivity index (χ0n) is 13.7. The van der Waals surface area contributed by atoms with Gasteiger partial charge in [-0.05, 0) is 48.1 Å². The summed E-state index contributed by atoms with van der Waals surface area (Å²) in [5, 5.41) is 1.09. The highest BCUT2D eigenvalue weighted by Crippen LogP contribution is 2.40. The number of anilines is 1. The summed E-state index contributed by atoms with van der Waals surface area (Å²) in [6, 6.07) is 12.1. The van der Waals surface area contributed by atoms with Crippen molar-refractivity contribution in [2.45, 2.75) is 13.8 Å². The highest BCUT2D eigenvalue weighted by molar-refractivity contribution is 8.04. The van der Waals surface area contributed by atoms with Gasteiger partial charge >= 0.3 is 0 Å². The Balaban J connectivity index is 2.13. The lowest BCUT2D eigenvalue weighted by atomic mass is 10.1. The third-order valence-corrected chi connectivity index (χ3v) is 5.56. The minimum absolute atomic E-state index is 0.313. The molecule has 0 fully saturated rings. The second-order valence-corrected chi connectivity index (χ2v) is 7.59. The predicted octanol–water partition coefficient (Wildman–Crippen LogP) is 5.34. The maximum atomic E-state index is 13.1. The number of imide groups is 1. The van der Waals surface area contributed by atoms with E-state index in [0.717, 1.165) is 0 Å². The molecule has 0 unspecified atom stereocenters. The van der Waals surface area contributed by atoms with Gasteiger partial charge in [-0.2, -0.15) is 0 Å². The Morgan fingerprint density at radius 2 is 1.68 bits per heavy atom. The van der Waals surface area contributed by atoms with E-state index in [1.807, 2.05) is 6.92 Å². The van der Waals surface area contributed by atoms with Gasteiger partial charge in [-0.1, -0.05) is 48.3 Å². The van der Waals surface area contributed by atoms with Crippen molar-refractivity contribution >= 4 is 58.0 Å². The second-order valence-electron chi connectivity index (χ2n) is 5.47. The molecule has 0 spiro atoms. The van der Waals surface area contributed by atoms with Gasteiger partial charge in [0.25, 0.3) is 11.8 Å². The van der Waals surface area contributed by atoms with E-state index >= 15 is 0 Å². The molecule has 0 aliphatic carbocycles. The molecule has 1 aliphatic rings. The van der Waals surface area contributed by atoms with Crippen LogP contribution < -0.4 is 4.90 Å². The topological polar surface area (TPSA) is 37.4 Å². The number of amides is 2. The summed E-state index contributed by atoms with van der Waals surface area (Å²) in [5.74, 6) is 0.0363. The Morgan fingerprint density at radius 3 is 2.32 bits per heavy atom. The lowest BCUT2D eigenvalue weighted by Gasteiger charge is -2.18. The summed E-state index contributed by atoms with van der Waals surface area (Å²) in [5.41, 5.74) is 2.30. The molecule has 1 heterocycles. The second kappa shape index (κ2) is 7.24. The molecule has 0 atom stereocenters. The van der Waals surface area contributed by atoms with Gasteiger partial charge in [0.15, 0.2) is 0 Å². The molecule has 3 nitrogen and oxygen atoms in total. The minimum atomic E-state index is -0.339. The largest absolute Gasteiger partial charge is 0.272 e. The molecule has 1 aliphatic heterocycles. The highest BCUT2D eigenvalue weighted by Gasteiger charge is 2.40. The quantitative estimate of drug-likeness (QED) is 0.660. The van der Waals surface area contributed by atoms with Crippen LogP contribution in [0.1, 0.15) is 18.1 Å². The molecular formula is C19H15Cl2NO2S. The van der Waals surface area contributed by atoms with Crippen LogP contribution in [0.2, 0.25) is 10.0 Å². The zero-order valence-corrected chi connectivity index (χ0v) is 16.0. The van der Waals surface area contributed by atoms with E-state index in [-0.39, 0.29) is 11.8 Å². The fraction of sp³-hybridized carbons (Fsp3) is 0.158. The molecule has 128 valence electrons. The number of hydrogen-bond donors (Lipinski definition) is 0. The van der Waals surface area contributed by atoms with Crippen LogP contribution in [-0.4, -0.2) is 17.6 Å². The average Bonchev–Trinajstić information content (AvgIpc) is 2.83. The van der Waals surface area contributed by atoms with E-state index in [1.165, 1.54) is 16.7 Å². The molecule has 0 saturated carbocycles. The van der Waals surface area contributed by atoms with Crippen molar-refractivity contribution in [1.82, 2.24) is 0 Å². The molecular weight excluding hydrogens is 377 g/mol. The van der Waals surface area contributed by atoms with E-state index in [1.54, 1.807) is 49.4 Å². The number of carbonyl (C=O) groups excluding carboxylic acids is 2. The molecule has 3 rings (SSSR count). The zero-order chi connectivity index (χ0) is 18.1. The first-order valence-corrected chi connectivity index (χ1v) is 9.46. The first-order chi connectivity index (χ1) is 12.0. The Hall–Kier alpha value is -1.75. The molecule has 0 radical (unpaired) electrons. The van der Waals surface area contributed by atoms with Gasteiger partial charge < -0.3 is 0 Å². The van der Waals surface area contributed by atoms with Gasteiger partial charge in [-0.25, -0.2) is 4.90 Å². The van der Waals surface area contributed by atoms with Crippen molar-refractivity contribution in [3.8, 4) is 0 Å². The smallest absolute Gasteiger partial charge is 0.268 e. The SMILES string of the molecule is CCSC1=C(c2ccc(Cl)cc2)C(=O)N(c2cccc(Cl)c2C)C1=O. The standard InChI is InChI=1S/C19H15Cl2NO2S/c1-3-25-17-16(12-7-9-13(20)10-8-12)18(23)22(19(17)24)15-6-4-5-14(21)11(15)2/h4-10H,3H2,1-2H3. The first kappa shape index (κ1) is 18.1. The van der Waals surface area contributed by atoms with E-state index in [9.17, 15) is 9.59 Å². The number of carbonyl (C=O) groups is 2. The number of hydrogen-bond acceptors (Lipinski definition) is 3. The number of thioether (sulfide) groups is 1. The van der Waals surface area contributed by atoms with Gasteiger partial charge in [-0.15, -0.1) is 11.8 Å².